The Morgan fingerprint density at radius 2 is 1.94 bits per heavy atom. The predicted molar refractivity (Wildman–Crippen MR) is 71.8 cm³/mol. The topological polar surface area (TPSA) is 61.0 Å². The molecule has 0 amide bonds. The first kappa shape index (κ1) is 12.4. The average Bonchev–Trinajstić information content (AvgIpc) is 2.32. The van der Waals surface area contributed by atoms with E-state index < -0.39 is 0 Å². The van der Waals surface area contributed by atoms with Crippen molar-refractivity contribution in [2.75, 3.05) is 5.73 Å². The van der Waals surface area contributed by atoms with Crippen molar-refractivity contribution in [2.24, 2.45) is 0 Å². The van der Waals surface area contributed by atoms with Crippen molar-refractivity contribution < 1.29 is 4.74 Å². The van der Waals surface area contributed by atoms with E-state index in [9.17, 15) is 0 Å². The molecule has 2 rings (SSSR count). The highest BCUT2D eigenvalue weighted by atomic mass is 16.5. The zero-order valence-corrected chi connectivity index (χ0v) is 10.9. The number of nitrogens with two attached hydrogens (primary N) is 1. The molecule has 1 heterocycles. The first-order valence-electron chi connectivity index (χ1n) is 5.97. The van der Waals surface area contributed by atoms with Crippen LogP contribution in [0.4, 0.5) is 5.82 Å². The highest BCUT2D eigenvalue weighted by Crippen LogP contribution is 2.25. The molecular formula is C14H17N3O. The number of nitrogen functional groups attached to an aromatic ring is 1. The summed E-state index contributed by atoms with van der Waals surface area (Å²) in [5, 5.41) is 0. The zero-order valence-electron chi connectivity index (χ0n) is 10.9. The van der Waals surface area contributed by atoms with Crippen molar-refractivity contribution in [1.82, 2.24) is 9.97 Å². The van der Waals surface area contributed by atoms with Gasteiger partial charge in [0.25, 0.3) is 0 Å². The predicted octanol–water partition coefficient (Wildman–Crippen LogP) is 3.03. The Hall–Kier alpha value is -2.10. The fraction of sp³-hybridized carbons (Fsp3) is 0.286. The molecule has 0 bridgehead atoms. The molecule has 4 heteroatoms. The quantitative estimate of drug-likeness (QED) is 0.900. The van der Waals surface area contributed by atoms with Gasteiger partial charge in [-0.1, -0.05) is 24.6 Å². The van der Waals surface area contributed by atoms with E-state index in [1.54, 1.807) is 6.07 Å². The summed E-state index contributed by atoms with van der Waals surface area (Å²) in [7, 11) is 0. The monoisotopic (exact) mass is 243 g/mol. The summed E-state index contributed by atoms with van der Waals surface area (Å²) < 4.78 is 5.76. The molecule has 0 saturated carbocycles. The van der Waals surface area contributed by atoms with Crippen LogP contribution in [0.3, 0.4) is 0 Å². The maximum atomic E-state index is 5.76. The molecule has 2 aromatic rings. The molecule has 0 fully saturated rings. The number of hydrogen-bond acceptors (Lipinski definition) is 4. The third kappa shape index (κ3) is 2.77. The van der Waals surface area contributed by atoms with Crippen molar-refractivity contribution in [3.05, 3.63) is 41.2 Å². The number of benzene rings is 1. The van der Waals surface area contributed by atoms with Gasteiger partial charge in [0.2, 0.25) is 5.88 Å². The van der Waals surface area contributed by atoms with E-state index in [0.717, 1.165) is 17.7 Å². The molecule has 0 aliphatic carbocycles. The van der Waals surface area contributed by atoms with Gasteiger partial charge in [0.15, 0.2) is 0 Å². The van der Waals surface area contributed by atoms with Crippen LogP contribution in [0.25, 0.3) is 0 Å². The van der Waals surface area contributed by atoms with Crippen LogP contribution in [0.1, 0.15) is 23.9 Å². The minimum absolute atomic E-state index is 0.432. The number of aryl methyl sites for hydroxylation is 3. The van der Waals surface area contributed by atoms with Crippen LogP contribution < -0.4 is 10.5 Å². The number of aromatic nitrogens is 2. The number of rotatable bonds is 3. The van der Waals surface area contributed by atoms with Crippen molar-refractivity contribution in [3.8, 4) is 11.6 Å². The van der Waals surface area contributed by atoms with E-state index in [-0.39, 0.29) is 0 Å². The standard InChI is InChI=1S/C14H17N3O/c1-4-13-16-12(15)8-14(17-13)18-11-6-5-9(2)7-10(11)3/h5-8H,4H2,1-3H3,(H2,15,16,17). The smallest absolute Gasteiger partial charge is 0.224 e. The van der Waals surface area contributed by atoms with Gasteiger partial charge in [0.05, 0.1) is 0 Å². The van der Waals surface area contributed by atoms with Crippen molar-refractivity contribution in [3.63, 3.8) is 0 Å². The Balaban J connectivity index is 2.30. The van der Waals surface area contributed by atoms with Gasteiger partial charge in [-0.25, -0.2) is 4.98 Å². The van der Waals surface area contributed by atoms with Crippen molar-refractivity contribution in [1.29, 1.82) is 0 Å². The molecule has 0 aliphatic heterocycles. The average molecular weight is 243 g/mol. The Bertz CT molecular complexity index is 567. The zero-order chi connectivity index (χ0) is 13.1. The molecule has 0 saturated heterocycles. The Kier molecular flexibility index (Phi) is 3.46. The van der Waals surface area contributed by atoms with Gasteiger partial charge in [0, 0.05) is 12.5 Å². The van der Waals surface area contributed by atoms with Crippen molar-refractivity contribution >= 4 is 5.82 Å². The van der Waals surface area contributed by atoms with Gasteiger partial charge in [-0.3, -0.25) is 0 Å². The fourth-order valence-corrected chi connectivity index (χ4v) is 1.73. The molecule has 1 aromatic heterocycles. The summed E-state index contributed by atoms with van der Waals surface area (Å²) in [6.45, 7) is 6.04. The summed E-state index contributed by atoms with van der Waals surface area (Å²) in [4.78, 5) is 8.41. The van der Waals surface area contributed by atoms with Gasteiger partial charge >= 0.3 is 0 Å². The number of anilines is 1. The van der Waals surface area contributed by atoms with Gasteiger partial charge in [-0.2, -0.15) is 4.98 Å². The third-order valence-electron chi connectivity index (χ3n) is 2.63. The van der Waals surface area contributed by atoms with Crippen LogP contribution >= 0.6 is 0 Å². The lowest BCUT2D eigenvalue weighted by atomic mass is 10.1. The molecular weight excluding hydrogens is 226 g/mol. The summed E-state index contributed by atoms with van der Waals surface area (Å²) in [5.41, 5.74) is 8.00. The Morgan fingerprint density at radius 1 is 1.17 bits per heavy atom. The normalized spacial score (nSPS) is 10.4. The molecule has 18 heavy (non-hydrogen) atoms. The molecule has 4 nitrogen and oxygen atoms in total. The lowest BCUT2D eigenvalue weighted by Gasteiger charge is -2.09. The maximum Gasteiger partial charge on any atom is 0.224 e. The van der Waals surface area contributed by atoms with Crippen LogP contribution in [0.5, 0.6) is 11.6 Å². The lowest BCUT2D eigenvalue weighted by molar-refractivity contribution is 0.456. The molecule has 0 spiro atoms. The molecule has 0 unspecified atom stereocenters. The number of nitrogens with zero attached hydrogens (tertiary/aromatic N) is 2. The first-order chi connectivity index (χ1) is 8.58. The second kappa shape index (κ2) is 5.04. The van der Waals surface area contributed by atoms with Gasteiger partial charge in [0.1, 0.15) is 17.4 Å². The van der Waals surface area contributed by atoms with Gasteiger partial charge in [-0.05, 0) is 25.5 Å². The summed E-state index contributed by atoms with van der Waals surface area (Å²) in [6, 6.07) is 7.65. The van der Waals surface area contributed by atoms with E-state index in [4.69, 9.17) is 10.5 Å². The van der Waals surface area contributed by atoms with Crippen LogP contribution in [-0.2, 0) is 6.42 Å². The van der Waals surface area contributed by atoms with Crippen LogP contribution in [0.2, 0.25) is 0 Å². The molecule has 0 radical (unpaired) electrons. The van der Waals surface area contributed by atoms with E-state index in [1.807, 2.05) is 26.0 Å². The van der Waals surface area contributed by atoms with E-state index in [1.165, 1.54) is 5.56 Å². The molecule has 0 aliphatic rings. The largest absolute Gasteiger partial charge is 0.439 e. The van der Waals surface area contributed by atoms with Gasteiger partial charge < -0.3 is 10.5 Å². The SMILES string of the molecule is CCc1nc(N)cc(Oc2ccc(C)cc2C)n1. The lowest BCUT2D eigenvalue weighted by Crippen LogP contribution is -2.00. The van der Waals surface area contributed by atoms with E-state index >= 15 is 0 Å². The maximum absolute atomic E-state index is 5.76. The van der Waals surface area contributed by atoms with Crippen LogP contribution in [0.15, 0.2) is 24.3 Å². The Morgan fingerprint density at radius 3 is 2.61 bits per heavy atom. The van der Waals surface area contributed by atoms with E-state index in [2.05, 4.69) is 23.0 Å². The summed E-state index contributed by atoms with van der Waals surface area (Å²) in [6.07, 6.45) is 0.730. The molecule has 2 N–H and O–H groups in total. The number of ether oxygens (including phenoxy) is 1. The molecule has 0 atom stereocenters. The highest BCUT2D eigenvalue weighted by molar-refractivity contribution is 5.40. The summed E-state index contributed by atoms with van der Waals surface area (Å²) in [5.74, 6) is 2.41. The van der Waals surface area contributed by atoms with Crippen LogP contribution in [-0.4, -0.2) is 9.97 Å². The molecule has 94 valence electrons. The Labute approximate surface area is 107 Å². The summed E-state index contributed by atoms with van der Waals surface area (Å²) >= 11 is 0. The van der Waals surface area contributed by atoms with Crippen molar-refractivity contribution in [2.45, 2.75) is 27.2 Å². The minimum Gasteiger partial charge on any atom is -0.439 e. The second-order valence-electron chi connectivity index (χ2n) is 4.27. The third-order valence-corrected chi connectivity index (χ3v) is 2.63. The first-order valence-corrected chi connectivity index (χ1v) is 5.97. The fourth-order valence-electron chi connectivity index (χ4n) is 1.73. The molecule has 1 aromatic carbocycles. The highest BCUT2D eigenvalue weighted by Gasteiger charge is 2.06. The van der Waals surface area contributed by atoms with E-state index in [0.29, 0.717) is 17.5 Å². The second-order valence-corrected chi connectivity index (χ2v) is 4.27. The minimum atomic E-state index is 0.432. The number of hydrogen-bond donors (Lipinski definition) is 1. The van der Waals surface area contributed by atoms with Gasteiger partial charge in [-0.15, -0.1) is 0 Å². The van der Waals surface area contributed by atoms with Crippen LogP contribution in [0, 0.1) is 13.8 Å².